The van der Waals surface area contributed by atoms with E-state index in [1.165, 1.54) is 12.3 Å². The van der Waals surface area contributed by atoms with Gasteiger partial charge in [0.25, 0.3) is 0 Å². The van der Waals surface area contributed by atoms with E-state index in [1.807, 2.05) is 6.07 Å². The molecule has 0 bridgehead atoms. The highest BCUT2D eigenvalue weighted by molar-refractivity contribution is 6.58. The lowest BCUT2D eigenvalue weighted by Gasteiger charge is -1.98. The van der Waals surface area contributed by atoms with E-state index in [4.69, 9.17) is 15.3 Å². The maximum atomic E-state index is 8.70. The lowest BCUT2D eigenvalue weighted by Crippen LogP contribution is -2.30. The van der Waals surface area contributed by atoms with Gasteiger partial charge in [0.2, 0.25) is 0 Å². The molecule has 0 fully saturated rings. The third-order valence-corrected chi connectivity index (χ3v) is 1.41. The molecular weight excluding hydrogens is 155 g/mol. The molecule has 0 saturated heterocycles. The molecule has 0 atom stereocenters. The molecule has 2 N–H and O–H groups in total. The molecule has 0 amide bonds. The standard InChI is InChI=1S/C7H7BN2O2/c9-4-3-7-2-1-6(5-10-7)8(11)12/h1-2,5,11-12H,3H2. The van der Waals surface area contributed by atoms with Gasteiger partial charge in [-0.1, -0.05) is 6.07 Å². The first-order chi connectivity index (χ1) is 5.74. The van der Waals surface area contributed by atoms with E-state index in [1.54, 1.807) is 6.07 Å². The first-order valence-electron chi connectivity index (χ1n) is 3.42. The third-order valence-electron chi connectivity index (χ3n) is 1.41. The van der Waals surface area contributed by atoms with Crippen molar-refractivity contribution in [3.63, 3.8) is 0 Å². The summed E-state index contributed by atoms with van der Waals surface area (Å²) < 4.78 is 0. The Morgan fingerprint density at radius 3 is 2.67 bits per heavy atom. The van der Waals surface area contributed by atoms with Gasteiger partial charge in [0, 0.05) is 11.7 Å². The Morgan fingerprint density at radius 2 is 2.25 bits per heavy atom. The number of hydrogen-bond donors (Lipinski definition) is 2. The van der Waals surface area contributed by atoms with Crippen LogP contribution >= 0.6 is 0 Å². The maximum absolute atomic E-state index is 8.70. The van der Waals surface area contributed by atoms with Crippen LogP contribution in [0.15, 0.2) is 18.3 Å². The van der Waals surface area contributed by atoms with Crippen molar-refractivity contribution in [2.24, 2.45) is 0 Å². The predicted molar refractivity (Wildman–Crippen MR) is 43.4 cm³/mol. The lowest BCUT2D eigenvalue weighted by molar-refractivity contribution is 0.425. The van der Waals surface area contributed by atoms with Gasteiger partial charge in [-0.05, 0) is 6.07 Å². The highest BCUT2D eigenvalue weighted by Gasteiger charge is 2.10. The monoisotopic (exact) mass is 162 g/mol. The fourth-order valence-electron chi connectivity index (χ4n) is 0.774. The van der Waals surface area contributed by atoms with Crippen molar-refractivity contribution in [1.29, 1.82) is 5.26 Å². The molecular formula is C7H7BN2O2. The van der Waals surface area contributed by atoms with Crippen molar-refractivity contribution in [1.82, 2.24) is 4.98 Å². The number of aromatic nitrogens is 1. The first-order valence-corrected chi connectivity index (χ1v) is 3.42. The van der Waals surface area contributed by atoms with Gasteiger partial charge in [-0.3, -0.25) is 4.98 Å². The molecule has 0 saturated carbocycles. The van der Waals surface area contributed by atoms with Crippen LogP contribution in [0.3, 0.4) is 0 Å². The molecule has 0 aromatic carbocycles. The molecule has 5 heteroatoms. The zero-order valence-electron chi connectivity index (χ0n) is 6.31. The fraction of sp³-hybridized carbons (Fsp3) is 0.143. The van der Waals surface area contributed by atoms with Crippen molar-refractivity contribution in [2.45, 2.75) is 6.42 Å². The zero-order chi connectivity index (χ0) is 8.97. The Labute approximate surface area is 70.3 Å². The number of nitrogens with zero attached hydrogens (tertiary/aromatic N) is 2. The molecule has 0 radical (unpaired) electrons. The van der Waals surface area contributed by atoms with Crippen LogP contribution in [-0.2, 0) is 6.42 Å². The second kappa shape index (κ2) is 3.86. The van der Waals surface area contributed by atoms with Gasteiger partial charge in [-0.25, -0.2) is 0 Å². The molecule has 1 aromatic rings. The van der Waals surface area contributed by atoms with E-state index >= 15 is 0 Å². The van der Waals surface area contributed by atoms with Crippen LogP contribution in [0.5, 0.6) is 0 Å². The van der Waals surface area contributed by atoms with Gasteiger partial charge in [-0.2, -0.15) is 5.26 Å². The summed E-state index contributed by atoms with van der Waals surface area (Å²) in [6.07, 6.45) is 1.58. The van der Waals surface area contributed by atoms with Crippen LogP contribution in [0.2, 0.25) is 0 Å². The van der Waals surface area contributed by atoms with E-state index < -0.39 is 7.12 Å². The zero-order valence-corrected chi connectivity index (χ0v) is 6.31. The molecule has 1 rings (SSSR count). The van der Waals surface area contributed by atoms with Crippen LogP contribution in [0.4, 0.5) is 0 Å². The summed E-state index contributed by atoms with van der Waals surface area (Å²) in [5.41, 5.74) is 0.957. The Bertz CT molecular complexity index is 291. The predicted octanol–water partition coefficient (Wildman–Crippen LogP) is -1.17. The molecule has 1 aromatic heterocycles. The molecule has 1 heterocycles. The van der Waals surface area contributed by atoms with Crippen LogP contribution in [-0.4, -0.2) is 22.2 Å². The number of nitriles is 1. The molecule has 0 aliphatic heterocycles. The summed E-state index contributed by atoms with van der Waals surface area (Å²) in [6, 6.07) is 5.07. The van der Waals surface area contributed by atoms with Crippen molar-refractivity contribution in [3.05, 3.63) is 24.0 Å². The second-order valence-electron chi connectivity index (χ2n) is 2.29. The van der Waals surface area contributed by atoms with Crippen molar-refractivity contribution < 1.29 is 10.0 Å². The number of pyridine rings is 1. The first kappa shape index (κ1) is 8.72. The quantitative estimate of drug-likeness (QED) is 0.537. The molecule has 60 valence electrons. The van der Waals surface area contributed by atoms with Crippen molar-refractivity contribution in [3.8, 4) is 6.07 Å². The minimum Gasteiger partial charge on any atom is -0.423 e. The fourth-order valence-corrected chi connectivity index (χ4v) is 0.774. The van der Waals surface area contributed by atoms with Gasteiger partial charge in [0.15, 0.2) is 0 Å². The largest absolute Gasteiger partial charge is 0.490 e. The Hall–Kier alpha value is -1.38. The minimum absolute atomic E-state index is 0.238. The van der Waals surface area contributed by atoms with Gasteiger partial charge in [0.1, 0.15) is 0 Å². The number of hydrogen-bond acceptors (Lipinski definition) is 4. The van der Waals surface area contributed by atoms with E-state index in [0.29, 0.717) is 11.2 Å². The average Bonchev–Trinajstić information content (AvgIpc) is 2.06. The number of rotatable bonds is 2. The summed E-state index contributed by atoms with van der Waals surface area (Å²) in [4.78, 5) is 3.85. The molecule has 0 spiro atoms. The van der Waals surface area contributed by atoms with Crippen LogP contribution in [0, 0.1) is 11.3 Å². The van der Waals surface area contributed by atoms with Gasteiger partial charge < -0.3 is 10.0 Å². The summed E-state index contributed by atoms with van der Waals surface area (Å²) in [5, 5.41) is 25.7. The second-order valence-corrected chi connectivity index (χ2v) is 2.29. The molecule has 0 aliphatic carbocycles. The Kier molecular flexibility index (Phi) is 2.80. The molecule has 0 unspecified atom stereocenters. The SMILES string of the molecule is N#CCc1ccc(B(O)O)cn1. The van der Waals surface area contributed by atoms with Crippen molar-refractivity contribution in [2.75, 3.05) is 0 Å². The van der Waals surface area contributed by atoms with E-state index in [-0.39, 0.29) is 6.42 Å². The van der Waals surface area contributed by atoms with Gasteiger partial charge in [0.05, 0.1) is 18.2 Å². The Morgan fingerprint density at radius 1 is 1.50 bits per heavy atom. The van der Waals surface area contributed by atoms with Crippen LogP contribution < -0.4 is 5.46 Å². The van der Waals surface area contributed by atoms with Crippen LogP contribution in [0.1, 0.15) is 5.69 Å². The summed E-state index contributed by atoms with van der Waals surface area (Å²) in [6.45, 7) is 0. The highest BCUT2D eigenvalue weighted by Crippen LogP contribution is 1.91. The highest BCUT2D eigenvalue weighted by atomic mass is 16.4. The molecule has 4 nitrogen and oxygen atoms in total. The topological polar surface area (TPSA) is 77.1 Å². The van der Waals surface area contributed by atoms with Crippen molar-refractivity contribution >= 4 is 12.6 Å². The average molecular weight is 162 g/mol. The smallest absolute Gasteiger partial charge is 0.423 e. The van der Waals surface area contributed by atoms with E-state index in [2.05, 4.69) is 4.98 Å². The van der Waals surface area contributed by atoms with Crippen LogP contribution in [0.25, 0.3) is 0 Å². The minimum atomic E-state index is -1.49. The third kappa shape index (κ3) is 2.05. The Balaban J connectivity index is 2.80. The molecule has 0 aliphatic rings. The summed E-state index contributed by atoms with van der Waals surface area (Å²) in [5.74, 6) is 0. The van der Waals surface area contributed by atoms with Gasteiger partial charge >= 0.3 is 7.12 Å². The summed E-state index contributed by atoms with van der Waals surface area (Å²) in [7, 11) is -1.49. The van der Waals surface area contributed by atoms with E-state index in [9.17, 15) is 0 Å². The normalized spacial score (nSPS) is 9.08. The van der Waals surface area contributed by atoms with E-state index in [0.717, 1.165) is 0 Å². The van der Waals surface area contributed by atoms with Gasteiger partial charge in [-0.15, -0.1) is 0 Å². The maximum Gasteiger partial charge on any atom is 0.490 e. The lowest BCUT2D eigenvalue weighted by atomic mass is 9.82. The summed E-state index contributed by atoms with van der Waals surface area (Å²) >= 11 is 0. The molecule has 12 heavy (non-hydrogen) atoms.